The van der Waals surface area contributed by atoms with Crippen molar-refractivity contribution in [1.29, 1.82) is 0 Å². The molecule has 1 fully saturated rings. The van der Waals surface area contributed by atoms with Gasteiger partial charge in [-0.3, -0.25) is 4.79 Å². The Labute approximate surface area is 88.3 Å². The van der Waals surface area contributed by atoms with Crippen LogP contribution in [0, 0.1) is 0 Å². The van der Waals surface area contributed by atoms with E-state index in [9.17, 15) is 4.79 Å². The number of amides is 1. The molecule has 1 aromatic heterocycles. The number of hydrogen-bond acceptors (Lipinski definition) is 4. The van der Waals surface area contributed by atoms with Crippen molar-refractivity contribution in [2.75, 3.05) is 18.0 Å². The Morgan fingerprint density at radius 1 is 1.33 bits per heavy atom. The zero-order chi connectivity index (χ0) is 10.7. The summed E-state index contributed by atoms with van der Waals surface area (Å²) in [5.41, 5.74) is 5.13. The summed E-state index contributed by atoms with van der Waals surface area (Å²) in [6.45, 7) is 1.99. The number of hydrogen-bond donors (Lipinski definition) is 1. The standard InChI is InChI=1S/C10H14N4O/c11-9(15)10-12-5-4-8(13-10)14-6-2-1-3-7-14/h4-5H,1-3,6-7H2,(H2,11,15). The lowest BCUT2D eigenvalue weighted by atomic mass is 10.1. The Morgan fingerprint density at radius 2 is 2.07 bits per heavy atom. The van der Waals surface area contributed by atoms with Crippen molar-refractivity contribution >= 4 is 11.7 Å². The SMILES string of the molecule is NC(=O)c1nccc(N2CCCCC2)n1. The van der Waals surface area contributed by atoms with Crippen molar-refractivity contribution in [3.8, 4) is 0 Å². The first-order valence-electron chi connectivity index (χ1n) is 5.15. The van der Waals surface area contributed by atoms with E-state index in [4.69, 9.17) is 5.73 Å². The van der Waals surface area contributed by atoms with E-state index < -0.39 is 5.91 Å². The topological polar surface area (TPSA) is 72.1 Å². The monoisotopic (exact) mass is 206 g/mol. The zero-order valence-electron chi connectivity index (χ0n) is 8.52. The number of carbonyl (C=O) groups is 1. The molecule has 1 amide bonds. The molecule has 1 aliphatic rings. The van der Waals surface area contributed by atoms with E-state index in [1.54, 1.807) is 6.20 Å². The van der Waals surface area contributed by atoms with Crippen LogP contribution >= 0.6 is 0 Å². The minimum Gasteiger partial charge on any atom is -0.363 e. The van der Waals surface area contributed by atoms with Gasteiger partial charge in [0.15, 0.2) is 0 Å². The molecule has 1 aliphatic heterocycles. The van der Waals surface area contributed by atoms with Crippen molar-refractivity contribution in [1.82, 2.24) is 9.97 Å². The number of aromatic nitrogens is 2. The number of rotatable bonds is 2. The number of nitrogens with zero attached hydrogens (tertiary/aromatic N) is 3. The van der Waals surface area contributed by atoms with E-state index in [1.807, 2.05) is 6.07 Å². The normalized spacial score (nSPS) is 16.4. The lowest BCUT2D eigenvalue weighted by Crippen LogP contribution is -2.31. The van der Waals surface area contributed by atoms with E-state index in [2.05, 4.69) is 14.9 Å². The summed E-state index contributed by atoms with van der Waals surface area (Å²) in [4.78, 5) is 21.0. The molecule has 0 aliphatic carbocycles. The Hall–Kier alpha value is -1.65. The molecular formula is C10H14N4O. The molecule has 0 atom stereocenters. The fourth-order valence-corrected chi connectivity index (χ4v) is 1.77. The Morgan fingerprint density at radius 3 is 2.73 bits per heavy atom. The molecular weight excluding hydrogens is 192 g/mol. The molecule has 1 aromatic rings. The Bertz CT molecular complexity index is 360. The second-order valence-electron chi connectivity index (χ2n) is 3.65. The molecule has 0 spiro atoms. The van der Waals surface area contributed by atoms with Crippen molar-refractivity contribution in [3.05, 3.63) is 18.1 Å². The maximum Gasteiger partial charge on any atom is 0.286 e. The fourth-order valence-electron chi connectivity index (χ4n) is 1.77. The first kappa shape index (κ1) is 9.89. The average Bonchev–Trinajstić information content (AvgIpc) is 2.30. The minimum atomic E-state index is -0.575. The summed E-state index contributed by atoms with van der Waals surface area (Å²) < 4.78 is 0. The van der Waals surface area contributed by atoms with Gasteiger partial charge in [-0.05, 0) is 25.3 Å². The maximum atomic E-state index is 10.9. The quantitative estimate of drug-likeness (QED) is 0.767. The molecule has 1 saturated heterocycles. The van der Waals surface area contributed by atoms with E-state index in [0.717, 1.165) is 18.9 Å². The van der Waals surface area contributed by atoms with Gasteiger partial charge in [0, 0.05) is 19.3 Å². The number of piperidine rings is 1. The second-order valence-corrected chi connectivity index (χ2v) is 3.65. The zero-order valence-corrected chi connectivity index (χ0v) is 8.52. The van der Waals surface area contributed by atoms with Gasteiger partial charge in [0.1, 0.15) is 5.82 Å². The molecule has 0 saturated carbocycles. The van der Waals surface area contributed by atoms with Crippen LogP contribution in [0.5, 0.6) is 0 Å². The summed E-state index contributed by atoms with van der Waals surface area (Å²) in [7, 11) is 0. The number of anilines is 1. The van der Waals surface area contributed by atoms with Gasteiger partial charge < -0.3 is 10.6 Å². The number of nitrogens with two attached hydrogens (primary N) is 1. The summed E-state index contributed by atoms with van der Waals surface area (Å²) in [5.74, 6) is 0.324. The Balaban J connectivity index is 2.19. The van der Waals surface area contributed by atoms with Gasteiger partial charge in [-0.2, -0.15) is 0 Å². The van der Waals surface area contributed by atoms with E-state index in [0.29, 0.717) is 0 Å². The summed E-state index contributed by atoms with van der Waals surface area (Å²) in [5, 5.41) is 0. The fraction of sp³-hybridized carbons (Fsp3) is 0.500. The smallest absolute Gasteiger partial charge is 0.286 e. The summed E-state index contributed by atoms with van der Waals surface area (Å²) >= 11 is 0. The average molecular weight is 206 g/mol. The van der Waals surface area contributed by atoms with Crippen LogP contribution in [0.25, 0.3) is 0 Å². The van der Waals surface area contributed by atoms with Crippen LogP contribution in [0.15, 0.2) is 12.3 Å². The van der Waals surface area contributed by atoms with Crippen molar-refractivity contribution in [3.63, 3.8) is 0 Å². The van der Waals surface area contributed by atoms with Crippen LogP contribution in [0.4, 0.5) is 5.82 Å². The lowest BCUT2D eigenvalue weighted by molar-refractivity contribution is 0.0990. The highest BCUT2D eigenvalue weighted by molar-refractivity contribution is 5.89. The number of primary amides is 1. The Kier molecular flexibility index (Phi) is 2.80. The van der Waals surface area contributed by atoms with Gasteiger partial charge in [-0.1, -0.05) is 0 Å². The lowest BCUT2D eigenvalue weighted by Gasteiger charge is -2.27. The molecule has 2 heterocycles. The van der Waals surface area contributed by atoms with Crippen LogP contribution in [0.2, 0.25) is 0 Å². The van der Waals surface area contributed by atoms with Crippen molar-refractivity contribution in [2.24, 2.45) is 5.73 Å². The van der Waals surface area contributed by atoms with E-state index >= 15 is 0 Å². The minimum absolute atomic E-state index is 0.0954. The highest BCUT2D eigenvalue weighted by atomic mass is 16.1. The predicted molar refractivity (Wildman–Crippen MR) is 56.6 cm³/mol. The highest BCUT2D eigenvalue weighted by Gasteiger charge is 2.13. The van der Waals surface area contributed by atoms with Crippen LogP contribution < -0.4 is 10.6 Å². The molecule has 5 heteroatoms. The number of carbonyl (C=O) groups excluding carboxylic acids is 1. The van der Waals surface area contributed by atoms with Gasteiger partial charge in [0.25, 0.3) is 5.91 Å². The third-order valence-corrected chi connectivity index (χ3v) is 2.54. The molecule has 0 bridgehead atoms. The molecule has 0 aromatic carbocycles. The molecule has 2 N–H and O–H groups in total. The van der Waals surface area contributed by atoms with Gasteiger partial charge in [0.05, 0.1) is 0 Å². The van der Waals surface area contributed by atoms with Gasteiger partial charge in [-0.25, -0.2) is 9.97 Å². The van der Waals surface area contributed by atoms with Gasteiger partial charge in [0.2, 0.25) is 5.82 Å². The largest absolute Gasteiger partial charge is 0.363 e. The predicted octanol–water partition coefficient (Wildman–Crippen LogP) is 0.566. The second kappa shape index (κ2) is 4.25. The van der Waals surface area contributed by atoms with Crippen LogP contribution in [-0.2, 0) is 0 Å². The van der Waals surface area contributed by atoms with E-state index in [-0.39, 0.29) is 5.82 Å². The maximum absolute atomic E-state index is 10.9. The van der Waals surface area contributed by atoms with Crippen molar-refractivity contribution in [2.45, 2.75) is 19.3 Å². The van der Waals surface area contributed by atoms with Crippen LogP contribution in [0.1, 0.15) is 29.9 Å². The summed E-state index contributed by atoms with van der Waals surface area (Å²) in [6, 6.07) is 1.82. The molecule has 80 valence electrons. The third-order valence-electron chi connectivity index (χ3n) is 2.54. The first-order chi connectivity index (χ1) is 7.27. The third kappa shape index (κ3) is 2.23. The summed E-state index contributed by atoms with van der Waals surface area (Å²) in [6.07, 6.45) is 5.20. The van der Waals surface area contributed by atoms with Crippen molar-refractivity contribution < 1.29 is 4.79 Å². The highest BCUT2D eigenvalue weighted by Crippen LogP contribution is 2.16. The van der Waals surface area contributed by atoms with Crippen LogP contribution in [-0.4, -0.2) is 29.0 Å². The molecule has 0 unspecified atom stereocenters. The van der Waals surface area contributed by atoms with Gasteiger partial charge in [-0.15, -0.1) is 0 Å². The van der Waals surface area contributed by atoms with Gasteiger partial charge >= 0.3 is 0 Å². The first-order valence-corrected chi connectivity index (χ1v) is 5.15. The molecule has 5 nitrogen and oxygen atoms in total. The molecule has 0 radical (unpaired) electrons. The molecule has 15 heavy (non-hydrogen) atoms. The van der Waals surface area contributed by atoms with Crippen LogP contribution in [0.3, 0.4) is 0 Å². The van der Waals surface area contributed by atoms with E-state index in [1.165, 1.54) is 19.3 Å². The molecule has 2 rings (SSSR count).